The molecule has 0 aliphatic carbocycles. The molecule has 82 valence electrons. The van der Waals surface area contributed by atoms with Gasteiger partial charge in [-0.05, 0) is 19.3 Å². The molecule has 1 N–H and O–H groups in total. The number of amides is 1. The maximum absolute atomic E-state index is 11.5. The maximum atomic E-state index is 11.5. The van der Waals surface area contributed by atoms with Crippen LogP contribution in [0.1, 0.15) is 19.3 Å². The second kappa shape index (κ2) is 6.80. The van der Waals surface area contributed by atoms with E-state index in [-0.39, 0.29) is 16.8 Å². The van der Waals surface area contributed by atoms with Crippen molar-refractivity contribution in [2.75, 3.05) is 18.5 Å². The molecule has 0 aromatic carbocycles. The molecule has 0 spiro atoms. The predicted molar refractivity (Wildman–Crippen MR) is 63.1 cm³/mol. The number of alkyl halides is 2. The molecule has 2 atom stereocenters. The molecule has 1 rings (SSSR count). The summed E-state index contributed by atoms with van der Waals surface area (Å²) in [7, 11) is 0. The number of rotatable bonds is 5. The molecule has 14 heavy (non-hydrogen) atoms. The average Bonchev–Trinajstić information content (AvgIpc) is 2.67. The van der Waals surface area contributed by atoms with Crippen molar-refractivity contribution in [2.24, 2.45) is 0 Å². The minimum Gasteiger partial charge on any atom is -0.376 e. The Morgan fingerprint density at radius 3 is 3.00 bits per heavy atom. The van der Waals surface area contributed by atoms with Gasteiger partial charge in [0, 0.05) is 18.5 Å². The fourth-order valence-electron chi connectivity index (χ4n) is 1.36. The summed E-state index contributed by atoms with van der Waals surface area (Å²) in [5.74, 6) is 0.0555. The first-order valence-electron chi connectivity index (χ1n) is 4.83. The number of ether oxygens (including phenoxy) is 1. The first-order chi connectivity index (χ1) is 6.74. The van der Waals surface area contributed by atoms with E-state index in [2.05, 4.69) is 37.2 Å². The topological polar surface area (TPSA) is 38.3 Å². The molecule has 0 radical (unpaired) electrons. The van der Waals surface area contributed by atoms with Crippen LogP contribution in [-0.4, -0.2) is 35.3 Å². The van der Waals surface area contributed by atoms with Crippen LogP contribution < -0.4 is 5.32 Å². The number of hydrogen-bond acceptors (Lipinski definition) is 2. The van der Waals surface area contributed by atoms with E-state index >= 15 is 0 Å². The van der Waals surface area contributed by atoms with Crippen LogP contribution >= 0.6 is 31.9 Å². The van der Waals surface area contributed by atoms with Crippen molar-refractivity contribution in [1.29, 1.82) is 0 Å². The summed E-state index contributed by atoms with van der Waals surface area (Å²) in [6.07, 6.45) is 3.20. The quantitative estimate of drug-likeness (QED) is 0.782. The number of carbonyl (C=O) groups excluding carboxylic acids is 1. The van der Waals surface area contributed by atoms with E-state index in [9.17, 15) is 4.79 Å². The van der Waals surface area contributed by atoms with Crippen LogP contribution in [0.2, 0.25) is 0 Å². The lowest BCUT2D eigenvalue weighted by Crippen LogP contribution is -2.36. The molecule has 0 aromatic rings. The standard InChI is InChI=1S/C9H15Br2NO2/c10-4-3-8(11)9(13)12-6-7-2-1-5-14-7/h7-8H,1-6H2,(H,12,13)/t7?,8-/m1/s1. The minimum atomic E-state index is -0.0942. The number of carbonyl (C=O) groups is 1. The van der Waals surface area contributed by atoms with Gasteiger partial charge in [-0.3, -0.25) is 4.79 Å². The summed E-state index contributed by atoms with van der Waals surface area (Å²) in [5.41, 5.74) is 0. The highest BCUT2D eigenvalue weighted by Crippen LogP contribution is 2.11. The van der Waals surface area contributed by atoms with Gasteiger partial charge in [-0.2, -0.15) is 0 Å². The maximum Gasteiger partial charge on any atom is 0.233 e. The summed E-state index contributed by atoms with van der Waals surface area (Å²) >= 11 is 6.63. The average molecular weight is 329 g/mol. The van der Waals surface area contributed by atoms with Crippen molar-refractivity contribution in [3.05, 3.63) is 0 Å². The summed E-state index contributed by atoms with van der Waals surface area (Å²) in [5, 5.41) is 3.71. The first kappa shape index (κ1) is 12.5. The van der Waals surface area contributed by atoms with Crippen LogP contribution in [-0.2, 0) is 9.53 Å². The first-order valence-corrected chi connectivity index (χ1v) is 6.87. The van der Waals surface area contributed by atoms with Gasteiger partial charge in [-0.1, -0.05) is 31.9 Å². The molecule has 1 heterocycles. The molecule has 3 nitrogen and oxygen atoms in total. The Hall–Kier alpha value is 0.390. The van der Waals surface area contributed by atoms with Gasteiger partial charge in [0.15, 0.2) is 0 Å². The second-order valence-corrected chi connectivity index (χ2v) is 5.22. The highest BCUT2D eigenvalue weighted by Gasteiger charge is 2.18. The third kappa shape index (κ3) is 4.28. The van der Waals surface area contributed by atoms with E-state index in [0.29, 0.717) is 6.54 Å². The lowest BCUT2D eigenvalue weighted by Gasteiger charge is -2.13. The largest absolute Gasteiger partial charge is 0.376 e. The van der Waals surface area contributed by atoms with Crippen LogP contribution in [0.5, 0.6) is 0 Å². The van der Waals surface area contributed by atoms with Crippen LogP contribution in [0.4, 0.5) is 0 Å². The van der Waals surface area contributed by atoms with Crippen molar-refractivity contribution in [3.8, 4) is 0 Å². The Kier molecular flexibility index (Phi) is 6.05. The summed E-state index contributed by atoms with van der Waals surface area (Å²) < 4.78 is 5.40. The van der Waals surface area contributed by atoms with Crippen molar-refractivity contribution in [3.63, 3.8) is 0 Å². The molecule has 5 heteroatoms. The van der Waals surface area contributed by atoms with Gasteiger partial charge >= 0.3 is 0 Å². The van der Waals surface area contributed by atoms with E-state index in [1.165, 1.54) is 0 Å². The molecule has 0 bridgehead atoms. The Labute approximate surface area is 101 Å². The highest BCUT2D eigenvalue weighted by molar-refractivity contribution is 9.10. The SMILES string of the molecule is O=C(NCC1CCCO1)[C@H](Br)CCBr. The van der Waals surface area contributed by atoms with Gasteiger partial charge in [0.25, 0.3) is 0 Å². The van der Waals surface area contributed by atoms with Crippen molar-refractivity contribution < 1.29 is 9.53 Å². The molecule has 0 saturated carbocycles. The van der Waals surface area contributed by atoms with Crippen LogP contribution in [0.25, 0.3) is 0 Å². The van der Waals surface area contributed by atoms with Crippen molar-refractivity contribution in [1.82, 2.24) is 5.32 Å². The van der Waals surface area contributed by atoms with Gasteiger partial charge in [-0.15, -0.1) is 0 Å². The summed E-state index contributed by atoms with van der Waals surface area (Å²) in [6, 6.07) is 0. The zero-order valence-corrected chi connectivity index (χ0v) is 11.1. The smallest absolute Gasteiger partial charge is 0.233 e. The monoisotopic (exact) mass is 327 g/mol. The van der Waals surface area contributed by atoms with Gasteiger partial charge in [0.1, 0.15) is 0 Å². The summed E-state index contributed by atoms with van der Waals surface area (Å²) in [6.45, 7) is 1.48. The van der Waals surface area contributed by atoms with Gasteiger partial charge in [0.05, 0.1) is 10.9 Å². The number of nitrogens with one attached hydrogen (secondary N) is 1. The normalized spacial score (nSPS) is 23.4. The van der Waals surface area contributed by atoms with Gasteiger partial charge in [-0.25, -0.2) is 0 Å². The zero-order valence-electron chi connectivity index (χ0n) is 7.97. The molecular formula is C9H15Br2NO2. The molecule has 0 aromatic heterocycles. The molecule has 1 fully saturated rings. The van der Waals surface area contributed by atoms with E-state index in [1.54, 1.807) is 0 Å². The third-order valence-electron chi connectivity index (χ3n) is 2.18. The van der Waals surface area contributed by atoms with Gasteiger partial charge in [0.2, 0.25) is 5.91 Å². The molecule has 1 saturated heterocycles. The van der Waals surface area contributed by atoms with Crippen LogP contribution in [0.15, 0.2) is 0 Å². The second-order valence-electron chi connectivity index (χ2n) is 3.33. The van der Waals surface area contributed by atoms with Gasteiger partial charge < -0.3 is 10.1 Å². The number of hydrogen-bond donors (Lipinski definition) is 1. The summed E-state index contributed by atoms with van der Waals surface area (Å²) in [4.78, 5) is 11.4. The van der Waals surface area contributed by atoms with E-state index in [1.807, 2.05) is 0 Å². The fourth-order valence-corrected chi connectivity index (χ4v) is 2.82. The van der Waals surface area contributed by atoms with Crippen molar-refractivity contribution >= 4 is 37.8 Å². The molecule has 1 aliphatic heterocycles. The van der Waals surface area contributed by atoms with Crippen LogP contribution in [0, 0.1) is 0 Å². The fraction of sp³-hybridized carbons (Fsp3) is 0.889. The van der Waals surface area contributed by atoms with E-state index < -0.39 is 0 Å². The lowest BCUT2D eigenvalue weighted by molar-refractivity contribution is -0.120. The Morgan fingerprint density at radius 2 is 2.43 bits per heavy atom. The molecule has 1 aliphatic rings. The Bertz CT molecular complexity index is 184. The Morgan fingerprint density at radius 1 is 1.64 bits per heavy atom. The third-order valence-corrected chi connectivity index (χ3v) is 3.51. The van der Waals surface area contributed by atoms with Crippen LogP contribution in [0.3, 0.4) is 0 Å². The Balaban J connectivity index is 2.13. The van der Waals surface area contributed by atoms with Crippen molar-refractivity contribution in [2.45, 2.75) is 30.2 Å². The highest BCUT2D eigenvalue weighted by atomic mass is 79.9. The molecule has 1 amide bonds. The molecular weight excluding hydrogens is 314 g/mol. The molecule has 1 unspecified atom stereocenters. The van der Waals surface area contributed by atoms with E-state index in [0.717, 1.165) is 31.2 Å². The zero-order chi connectivity index (χ0) is 10.4. The minimum absolute atomic E-state index is 0.0555. The van der Waals surface area contributed by atoms with E-state index in [4.69, 9.17) is 4.74 Å². The predicted octanol–water partition coefficient (Wildman–Crippen LogP) is 1.83. The number of halogens is 2. The lowest BCUT2D eigenvalue weighted by atomic mass is 10.2.